The molecule has 3 rings (SSSR count). The molecular formula is C21H22FN3O2. The van der Waals surface area contributed by atoms with Crippen molar-refractivity contribution in [2.75, 3.05) is 18.6 Å². The van der Waals surface area contributed by atoms with E-state index in [0.29, 0.717) is 18.1 Å². The van der Waals surface area contributed by atoms with E-state index in [0.717, 1.165) is 36.2 Å². The van der Waals surface area contributed by atoms with Gasteiger partial charge in [-0.15, -0.1) is 0 Å². The van der Waals surface area contributed by atoms with Crippen molar-refractivity contribution in [3.8, 4) is 11.6 Å². The number of aromatic nitrogens is 2. The van der Waals surface area contributed by atoms with E-state index in [1.807, 2.05) is 42.0 Å². The second kappa shape index (κ2) is 8.49. The number of carbonyl (C=O) groups excluding carboxylic acids is 1. The van der Waals surface area contributed by atoms with E-state index in [1.165, 1.54) is 12.1 Å². The number of nitrogens with zero attached hydrogens (tertiary/aromatic N) is 3. The highest BCUT2D eigenvalue weighted by atomic mass is 19.1. The molecule has 3 aromatic rings. The fourth-order valence-electron chi connectivity index (χ4n) is 3.03. The van der Waals surface area contributed by atoms with E-state index in [-0.39, 0.29) is 5.82 Å². The van der Waals surface area contributed by atoms with Crippen LogP contribution in [0.2, 0.25) is 0 Å². The lowest BCUT2D eigenvalue weighted by Crippen LogP contribution is -2.24. The summed E-state index contributed by atoms with van der Waals surface area (Å²) in [6, 6.07) is 12.2. The number of rotatable bonds is 8. The molecule has 1 aromatic carbocycles. The summed E-state index contributed by atoms with van der Waals surface area (Å²) < 4.78 is 20.9. The van der Waals surface area contributed by atoms with Crippen molar-refractivity contribution in [3.63, 3.8) is 0 Å². The highest BCUT2D eigenvalue weighted by Crippen LogP contribution is 2.27. The van der Waals surface area contributed by atoms with Crippen molar-refractivity contribution < 1.29 is 13.9 Å². The number of methoxy groups -OCH3 is 1. The first-order valence-corrected chi connectivity index (χ1v) is 8.77. The predicted octanol–water partition coefficient (Wildman–Crippen LogP) is 3.92. The van der Waals surface area contributed by atoms with E-state index in [2.05, 4.69) is 4.98 Å². The van der Waals surface area contributed by atoms with Crippen LogP contribution in [0.25, 0.3) is 5.69 Å². The van der Waals surface area contributed by atoms with Gasteiger partial charge in [-0.05, 0) is 55.7 Å². The molecule has 5 nitrogen and oxygen atoms in total. The summed E-state index contributed by atoms with van der Waals surface area (Å²) in [6.07, 6.45) is 5.91. The van der Waals surface area contributed by atoms with Gasteiger partial charge in [-0.1, -0.05) is 6.07 Å². The van der Waals surface area contributed by atoms with Crippen LogP contribution in [0.15, 0.2) is 54.9 Å². The molecule has 0 spiro atoms. The van der Waals surface area contributed by atoms with Crippen LogP contribution in [0.1, 0.15) is 17.7 Å². The van der Waals surface area contributed by atoms with Crippen LogP contribution >= 0.6 is 0 Å². The van der Waals surface area contributed by atoms with Gasteiger partial charge < -0.3 is 14.2 Å². The first kappa shape index (κ1) is 18.6. The van der Waals surface area contributed by atoms with Gasteiger partial charge in [0.25, 0.3) is 0 Å². The lowest BCUT2D eigenvalue weighted by Gasteiger charge is -2.22. The highest BCUT2D eigenvalue weighted by Gasteiger charge is 2.14. The summed E-state index contributed by atoms with van der Waals surface area (Å²) in [4.78, 5) is 17.4. The molecule has 0 N–H and O–H groups in total. The standard InChI is InChI=1S/C21H22FN3O2/c1-16-5-3-12-25(16)19-9-8-18(22)13-20(19)24(15-26)11-4-6-17-7-10-21(27-2)23-14-17/h3,5,7-10,12-15H,4,6,11H2,1-2H3. The molecule has 2 heterocycles. The van der Waals surface area contributed by atoms with Gasteiger partial charge in [-0.3, -0.25) is 4.79 Å². The summed E-state index contributed by atoms with van der Waals surface area (Å²) in [5.74, 6) is 0.199. The van der Waals surface area contributed by atoms with E-state index in [4.69, 9.17) is 4.74 Å². The first-order valence-electron chi connectivity index (χ1n) is 8.77. The lowest BCUT2D eigenvalue weighted by molar-refractivity contribution is -0.107. The molecule has 0 saturated carbocycles. The average molecular weight is 367 g/mol. The number of benzene rings is 1. The molecule has 140 valence electrons. The Kier molecular flexibility index (Phi) is 5.86. The quantitative estimate of drug-likeness (QED) is 0.567. The van der Waals surface area contributed by atoms with Crippen LogP contribution in [0.3, 0.4) is 0 Å². The molecule has 0 fully saturated rings. The van der Waals surface area contributed by atoms with Crippen molar-refractivity contribution in [1.29, 1.82) is 0 Å². The number of pyridine rings is 1. The molecule has 0 bridgehead atoms. The summed E-state index contributed by atoms with van der Waals surface area (Å²) >= 11 is 0. The van der Waals surface area contributed by atoms with Crippen LogP contribution in [-0.4, -0.2) is 29.6 Å². The number of aryl methyl sites for hydroxylation is 2. The second-order valence-corrected chi connectivity index (χ2v) is 6.26. The third-order valence-corrected chi connectivity index (χ3v) is 4.46. The van der Waals surface area contributed by atoms with E-state index < -0.39 is 0 Å². The number of amides is 1. The number of ether oxygens (including phenoxy) is 1. The number of hydrogen-bond donors (Lipinski definition) is 0. The van der Waals surface area contributed by atoms with Gasteiger partial charge in [0, 0.05) is 30.7 Å². The zero-order valence-corrected chi connectivity index (χ0v) is 15.4. The zero-order valence-electron chi connectivity index (χ0n) is 15.4. The summed E-state index contributed by atoms with van der Waals surface area (Å²) in [6.45, 7) is 2.45. The second-order valence-electron chi connectivity index (χ2n) is 6.26. The molecule has 0 aliphatic heterocycles. The molecule has 0 atom stereocenters. The average Bonchev–Trinajstić information content (AvgIpc) is 3.11. The predicted molar refractivity (Wildman–Crippen MR) is 103 cm³/mol. The van der Waals surface area contributed by atoms with Crippen LogP contribution < -0.4 is 9.64 Å². The van der Waals surface area contributed by atoms with Gasteiger partial charge in [0.2, 0.25) is 12.3 Å². The Morgan fingerprint density at radius 3 is 2.74 bits per heavy atom. The fourth-order valence-corrected chi connectivity index (χ4v) is 3.03. The van der Waals surface area contributed by atoms with Crippen LogP contribution in [0.5, 0.6) is 5.88 Å². The zero-order chi connectivity index (χ0) is 19.2. The van der Waals surface area contributed by atoms with Gasteiger partial charge in [-0.2, -0.15) is 0 Å². The van der Waals surface area contributed by atoms with Crippen molar-refractivity contribution >= 4 is 12.1 Å². The van der Waals surface area contributed by atoms with Crippen molar-refractivity contribution in [2.45, 2.75) is 19.8 Å². The smallest absolute Gasteiger partial charge is 0.214 e. The Morgan fingerprint density at radius 2 is 2.11 bits per heavy atom. The molecule has 0 aliphatic carbocycles. The van der Waals surface area contributed by atoms with Gasteiger partial charge >= 0.3 is 0 Å². The molecule has 6 heteroatoms. The number of anilines is 1. The topological polar surface area (TPSA) is 47.4 Å². The van der Waals surface area contributed by atoms with Gasteiger partial charge in [-0.25, -0.2) is 9.37 Å². The van der Waals surface area contributed by atoms with Crippen molar-refractivity contribution in [2.24, 2.45) is 0 Å². The Balaban J connectivity index is 1.76. The van der Waals surface area contributed by atoms with Crippen molar-refractivity contribution in [1.82, 2.24) is 9.55 Å². The van der Waals surface area contributed by atoms with Gasteiger partial charge in [0.15, 0.2) is 0 Å². The highest BCUT2D eigenvalue weighted by molar-refractivity contribution is 5.80. The lowest BCUT2D eigenvalue weighted by atomic mass is 10.1. The Hall–Kier alpha value is -3.15. The monoisotopic (exact) mass is 367 g/mol. The molecule has 1 amide bonds. The Bertz CT molecular complexity index is 906. The minimum absolute atomic E-state index is 0.371. The maximum absolute atomic E-state index is 13.9. The molecule has 0 unspecified atom stereocenters. The number of carbonyl (C=O) groups is 1. The SMILES string of the molecule is COc1ccc(CCCN(C=O)c2cc(F)ccc2-n2cccc2C)cn1. The normalized spacial score (nSPS) is 10.6. The third kappa shape index (κ3) is 4.34. The maximum atomic E-state index is 13.9. The summed E-state index contributed by atoms with van der Waals surface area (Å²) in [5.41, 5.74) is 3.40. The summed E-state index contributed by atoms with van der Waals surface area (Å²) in [7, 11) is 1.58. The largest absolute Gasteiger partial charge is 0.481 e. The molecule has 27 heavy (non-hydrogen) atoms. The molecule has 0 radical (unpaired) electrons. The van der Waals surface area contributed by atoms with E-state index >= 15 is 0 Å². The third-order valence-electron chi connectivity index (χ3n) is 4.46. The van der Waals surface area contributed by atoms with Gasteiger partial charge in [0.1, 0.15) is 5.82 Å². The summed E-state index contributed by atoms with van der Waals surface area (Å²) in [5, 5.41) is 0. The Labute approximate surface area is 158 Å². The molecular weight excluding hydrogens is 345 g/mol. The molecule has 0 saturated heterocycles. The first-order chi connectivity index (χ1) is 13.1. The minimum atomic E-state index is -0.371. The Morgan fingerprint density at radius 1 is 1.26 bits per heavy atom. The maximum Gasteiger partial charge on any atom is 0.214 e. The van der Waals surface area contributed by atoms with Crippen molar-refractivity contribution in [3.05, 3.63) is 71.9 Å². The molecule has 2 aromatic heterocycles. The fraction of sp³-hybridized carbons (Fsp3) is 0.238. The van der Waals surface area contributed by atoms with E-state index in [1.54, 1.807) is 24.3 Å². The number of hydrogen-bond acceptors (Lipinski definition) is 3. The van der Waals surface area contributed by atoms with E-state index in [9.17, 15) is 9.18 Å². The molecule has 0 aliphatic rings. The van der Waals surface area contributed by atoms with Crippen LogP contribution in [-0.2, 0) is 11.2 Å². The number of halogens is 1. The van der Waals surface area contributed by atoms with Crippen LogP contribution in [0, 0.1) is 12.7 Å². The van der Waals surface area contributed by atoms with Crippen LogP contribution in [0.4, 0.5) is 10.1 Å². The minimum Gasteiger partial charge on any atom is -0.481 e. The van der Waals surface area contributed by atoms with Gasteiger partial charge in [0.05, 0.1) is 18.5 Å².